The molecule has 0 fully saturated rings. The molecule has 0 aromatic heterocycles. The first kappa shape index (κ1) is 10.9. The topological polar surface area (TPSA) is 38.0 Å². The van der Waals surface area contributed by atoms with Crippen LogP contribution < -0.4 is 11.1 Å². The number of nitrogens with one attached hydrogen (secondary N) is 1. The maximum absolute atomic E-state index is 5.38. The first-order valence-electron chi connectivity index (χ1n) is 4.71. The van der Waals surface area contributed by atoms with Crippen LogP contribution >= 0.6 is 0 Å². The summed E-state index contributed by atoms with van der Waals surface area (Å²) in [7, 11) is 0. The maximum Gasteiger partial charge on any atom is 0.00103 e. The second-order valence-corrected chi connectivity index (χ2v) is 3.31. The van der Waals surface area contributed by atoms with Gasteiger partial charge in [-0.15, -0.1) is 0 Å². The summed E-state index contributed by atoms with van der Waals surface area (Å²) in [6.45, 7) is 6.36. The van der Waals surface area contributed by atoms with Crippen LogP contribution in [0.4, 0.5) is 0 Å². The van der Waals surface area contributed by atoms with Gasteiger partial charge in [0.1, 0.15) is 0 Å². The van der Waals surface area contributed by atoms with Gasteiger partial charge in [-0.2, -0.15) is 0 Å². The highest BCUT2D eigenvalue weighted by molar-refractivity contribution is 4.53. The van der Waals surface area contributed by atoms with Gasteiger partial charge in [-0.3, -0.25) is 0 Å². The van der Waals surface area contributed by atoms with Gasteiger partial charge in [0, 0.05) is 6.04 Å². The molecule has 0 radical (unpaired) electrons. The van der Waals surface area contributed by atoms with E-state index in [9.17, 15) is 0 Å². The summed E-state index contributed by atoms with van der Waals surface area (Å²) in [4.78, 5) is 0. The molecule has 2 heteroatoms. The van der Waals surface area contributed by atoms with Gasteiger partial charge in [0.25, 0.3) is 0 Å². The molecule has 68 valence electrons. The normalized spacial score (nSPS) is 10.9. The molecule has 0 bridgehead atoms. The predicted molar refractivity (Wildman–Crippen MR) is 50.7 cm³/mol. The first-order chi connectivity index (χ1) is 5.27. The minimum Gasteiger partial charge on any atom is -0.330 e. The van der Waals surface area contributed by atoms with Crippen molar-refractivity contribution in [3.8, 4) is 0 Å². The average molecular weight is 158 g/mol. The molecular weight excluding hydrogens is 136 g/mol. The highest BCUT2D eigenvalue weighted by Crippen LogP contribution is 1.97. The molecule has 0 aromatic rings. The Morgan fingerprint density at radius 3 is 2.27 bits per heavy atom. The van der Waals surface area contributed by atoms with Crippen LogP contribution in [0, 0.1) is 0 Å². The quantitative estimate of drug-likeness (QED) is 0.551. The Bertz CT molecular complexity index is 72.0. The van der Waals surface area contributed by atoms with E-state index in [1.807, 2.05) is 0 Å². The molecule has 2 nitrogen and oxygen atoms in total. The van der Waals surface area contributed by atoms with Crippen molar-refractivity contribution in [1.29, 1.82) is 0 Å². The van der Waals surface area contributed by atoms with Gasteiger partial charge in [-0.1, -0.05) is 26.7 Å². The molecule has 0 heterocycles. The van der Waals surface area contributed by atoms with Gasteiger partial charge < -0.3 is 11.1 Å². The Morgan fingerprint density at radius 1 is 1.09 bits per heavy atom. The van der Waals surface area contributed by atoms with Gasteiger partial charge in [0.05, 0.1) is 0 Å². The summed E-state index contributed by atoms with van der Waals surface area (Å²) in [6.07, 6.45) is 5.08. The van der Waals surface area contributed by atoms with E-state index in [-0.39, 0.29) is 0 Å². The van der Waals surface area contributed by atoms with Crippen molar-refractivity contribution in [2.75, 3.05) is 13.1 Å². The van der Waals surface area contributed by atoms with Crippen LogP contribution in [0.2, 0.25) is 0 Å². The number of hydrogen-bond acceptors (Lipinski definition) is 2. The maximum atomic E-state index is 5.38. The smallest absolute Gasteiger partial charge is 0.00103 e. The van der Waals surface area contributed by atoms with Gasteiger partial charge >= 0.3 is 0 Å². The molecule has 11 heavy (non-hydrogen) atoms. The Kier molecular flexibility index (Phi) is 7.96. The number of hydrogen-bond donors (Lipinski definition) is 2. The second kappa shape index (κ2) is 8.02. The zero-order valence-corrected chi connectivity index (χ0v) is 7.90. The fourth-order valence-corrected chi connectivity index (χ4v) is 1.01. The largest absolute Gasteiger partial charge is 0.330 e. The van der Waals surface area contributed by atoms with Crippen LogP contribution in [-0.4, -0.2) is 19.1 Å². The van der Waals surface area contributed by atoms with E-state index in [4.69, 9.17) is 5.73 Å². The van der Waals surface area contributed by atoms with E-state index in [0.29, 0.717) is 6.04 Å². The molecule has 0 saturated heterocycles. The molecule has 3 N–H and O–H groups in total. The van der Waals surface area contributed by atoms with Gasteiger partial charge in [-0.05, 0) is 25.9 Å². The van der Waals surface area contributed by atoms with Gasteiger partial charge in [0.15, 0.2) is 0 Å². The zero-order valence-electron chi connectivity index (χ0n) is 7.90. The van der Waals surface area contributed by atoms with E-state index in [0.717, 1.165) is 13.1 Å². The fourth-order valence-electron chi connectivity index (χ4n) is 1.01. The molecule has 0 aliphatic heterocycles. The second-order valence-electron chi connectivity index (χ2n) is 3.31. The van der Waals surface area contributed by atoms with Crippen molar-refractivity contribution >= 4 is 0 Å². The van der Waals surface area contributed by atoms with Crippen molar-refractivity contribution in [2.45, 2.75) is 45.6 Å². The summed E-state index contributed by atoms with van der Waals surface area (Å²) >= 11 is 0. The Hall–Kier alpha value is -0.0800. The summed E-state index contributed by atoms with van der Waals surface area (Å²) < 4.78 is 0. The minimum absolute atomic E-state index is 0.629. The lowest BCUT2D eigenvalue weighted by atomic mass is 10.2. The van der Waals surface area contributed by atoms with Crippen molar-refractivity contribution in [3.63, 3.8) is 0 Å². The molecule has 0 spiro atoms. The van der Waals surface area contributed by atoms with E-state index >= 15 is 0 Å². The Balaban J connectivity index is 2.80. The molecule has 0 aromatic carbocycles. The highest BCUT2D eigenvalue weighted by Gasteiger charge is 1.91. The van der Waals surface area contributed by atoms with Crippen LogP contribution in [0.5, 0.6) is 0 Å². The molecule has 0 aliphatic carbocycles. The van der Waals surface area contributed by atoms with Crippen molar-refractivity contribution in [1.82, 2.24) is 5.32 Å². The third kappa shape index (κ3) is 9.92. The van der Waals surface area contributed by atoms with E-state index in [2.05, 4.69) is 19.2 Å². The average Bonchev–Trinajstić information content (AvgIpc) is 1.96. The standard InChI is InChI=1S/C9H22N2/c1-9(2)11-8-6-4-3-5-7-10/h9,11H,3-8,10H2,1-2H3. The SMILES string of the molecule is CC(C)NCCCCCCN. The molecular formula is C9H22N2. The summed E-state index contributed by atoms with van der Waals surface area (Å²) in [5.74, 6) is 0. The lowest BCUT2D eigenvalue weighted by Gasteiger charge is -2.06. The van der Waals surface area contributed by atoms with Crippen LogP contribution in [-0.2, 0) is 0 Å². The summed E-state index contributed by atoms with van der Waals surface area (Å²) in [6, 6.07) is 0.629. The van der Waals surface area contributed by atoms with Gasteiger partial charge in [-0.25, -0.2) is 0 Å². The van der Waals surface area contributed by atoms with Crippen LogP contribution in [0.25, 0.3) is 0 Å². The van der Waals surface area contributed by atoms with E-state index < -0.39 is 0 Å². The van der Waals surface area contributed by atoms with Crippen LogP contribution in [0.15, 0.2) is 0 Å². The Morgan fingerprint density at radius 2 is 1.73 bits per heavy atom. The van der Waals surface area contributed by atoms with Crippen molar-refractivity contribution < 1.29 is 0 Å². The predicted octanol–water partition coefficient (Wildman–Crippen LogP) is 1.50. The third-order valence-electron chi connectivity index (χ3n) is 1.68. The lowest BCUT2D eigenvalue weighted by molar-refractivity contribution is 0.543. The monoisotopic (exact) mass is 158 g/mol. The van der Waals surface area contributed by atoms with E-state index in [1.165, 1.54) is 25.7 Å². The highest BCUT2D eigenvalue weighted by atomic mass is 14.9. The molecule has 0 rings (SSSR count). The zero-order chi connectivity index (χ0) is 8.53. The number of unbranched alkanes of at least 4 members (excludes halogenated alkanes) is 3. The third-order valence-corrected chi connectivity index (χ3v) is 1.68. The van der Waals surface area contributed by atoms with Crippen molar-refractivity contribution in [2.24, 2.45) is 5.73 Å². The Labute approximate surface area is 70.5 Å². The summed E-state index contributed by atoms with van der Waals surface area (Å²) in [5.41, 5.74) is 5.38. The fraction of sp³-hybridized carbons (Fsp3) is 1.00. The molecule has 0 atom stereocenters. The number of nitrogens with two attached hydrogens (primary N) is 1. The molecule has 0 saturated carbocycles. The van der Waals surface area contributed by atoms with E-state index in [1.54, 1.807) is 0 Å². The number of rotatable bonds is 7. The molecule has 0 aliphatic rings. The van der Waals surface area contributed by atoms with Crippen LogP contribution in [0.3, 0.4) is 0 Å². The van der Waals surface area contributed by atoms with Crippen LogP contribution in [0.1, 0.15) is 39.5 Å². The first-order valence-corrected chi connectivity index (χ1v) is 4.71. The van der Waals surface area contributed by atoms with Crippen molar-refractivity contribution in [3.05, 3.63) is 0 Å². The lowest BCUT2D eigenvalue weighted by Crippen LogP contribution is -2.23. The van der Waals surface area contributed by atoms with Gasteiger partial charge in [0.2, 0.25) is 0 Å². The minimum atomic E-state index is 0.629. The molecule has 0 unspecified atom stereocenters. The molecule has 0 amide bonds. The summed E-state index contributed by atoms with van der Waals surface area (Å²) in [5, 5.41) is 3.39.